The van der Waals surface area contributed by atoms with E-state index in [2.05, 4.69) is 15.0 Å². The first-order chi connectivity index (χ1) is 14.2. The van der Waals surface area contributed by atoms with Crippen LogP contribution in [0.25, 0.3) is 11.0 Å². The minimum Gasteiger partial charge on any atom is -0.488 e. The highest BCUT2D eigenvalue weighted by Gasteiger charge is 2.25. The van der Waals surface area contributed by atoms with Crippen LogP contribution < -0.4 is 4.74 Å². The van der Waals surface area contributed by atoms with Gasteiger partial charge in [-0.2, -0.15) is 0 Å². The topological polar surface area (TPSA) is 77.4 Å². The molecule has 1 fully saturated rings. The molecule has 1 unspecified atom stereocenters. The van der Waals surface area contributed by atoms with Crippen LogP contribution in [0.5, 0.6) is 5.75 Å². The second-order valence-electron chi connectivity index (χ2n) is 6.42. The quantitative estimate of drug-likeness (QED) is 0.439. The van der Waals surface area contributed by atoms with Crippen LogP contribution in [0.15, 0.2) is 53.8 Å². The summed E-state index contributed by atoms with van der Waals surface area (Å²) in [6, 6.07) is 11.2. The Labute approximate surface area is 177 Å². The molecular weight excluding hydrogens is 412 g/mol. The summed E-state index contributed by atoms with van der Waals surface area (Å²) < 4.78 is 11.4. The number of hydrogen-bond donors (Lipinski definition) is 0. The zero-order valence-corrected chi connectivity index (χ0v) is 17.1. The van der Waals surface area contributed by atoms with E-state index in [1.807, 2.05) is 24.3 Å². The molecule has 3 aromatic rings. The zero-order valence-electron chi connectivity index (χ0n) is 15.5. The van der Waals surface area contributed by atoms with Crippen LogP contribution in [0.1, 0.15) is 0 Å². The van der Waals surface area contributed by atoms with Crippen molar-refractivity contribution in [2.45, 2.75) is 11.1 Å². The molecule has 0 aliphatic carbocycles. The highest BCUT2D eigenvalue weighted by molar-refractivity contribution is 7.99. The van der Waals surface area contributed by atoms with E-state index in [9.17, 15) is 4.79 Å². The summed E-state index contributed by atoms with van der Waals surface area (Å²) in [5.74, 6) is 0.846. The number of thioether (sulfide) groups is 1. The van der Waals surface area contributed by atoms with Crippen molar-refractivity contribution in [3.8, 4) is 5.75 Å². The van der Waals surface area contributed by atoms with Gasteiger partial charge in [0.15, 0.2) is 10.9 Å². The van der Waals surface area contributed by atoms with Crippen LogP contribution in [0.4, 0.5) is 0 Å². The van der Waals surface area contributed by atoms with E-state index in [0.29, 0.717) is 43.0 Å². The Hall–Kier alpha value is -2.42. The number of para-hydroxylation sites is 2. The average Bonchev–Trinajstić information content (AvgIpc) is 2.77. The van der Waals surface area contributed by atoms with Gasteiger partial charge < -0.3 is 14.4 Å². The van der Waals surface area contributed by atoms with Gasteiger partial charge in [-0.1, -0.05) is 35.5 Å². The third-order valence-corrected chi connectivity index (χ3v) is 5.58. The molecule has 1 aliphatic heterocycles. The molecule has 3 heterocycles. The molecule has 1 aliphatic rings. The highest BCUT2D eigenvalue weighted by atomic mass is 35.5. The molecule has 0 spiro atoms. The van der Waals surface area contributed by atoms with E-state index in [0.717, 1.165) is 16.1 Å². The molecule has 0 N–H and O–H groups in total. The first-order valence-corrected chi connectivity index (χ1v) is 10.5. The number of hydrogen-bond acceptors (Lipinski definition) is 7. The Morgan fingerprint density at radius 1 is 1.24 bits per heavy atom. The summed E-state index contributed by atoms with van der Waals surface area (Å²) in [5.41, 5.74) is 1.66. The number of aromatic nitrogens is 3. The van der Waals surface area contributed by atoms with Crippen molar-refractivity contribution < 1.29 is 14.3 Å². The number of fused-ring (bicyclic) bond motifs is 1. The molecule has 1 atom stereocenters. The van der Waals surface area contributed by atoms with E-state index in [1.165, 1.54) is 11.8 Å². The van der Waals surface area contributed by atoms with Crippen LogP contribution in [0.2, 0.25) is 5.15 Å². The van der Waals surface area contributed by atoms with Crippen LogP contribution in [-0.4, -0.2) is 63.9 Å². The third-order valence-electron chi connectivity index (χ3n) is 4.41. The SMILES string of the molecule is O=C(CSc1cnc2ccccc2n1)N1CCOC(COc2cccnc2Cl)C1. The maximum Gasteiger partial charge on any atom is 0.233 e. The molecule has 0 radical (unpaired) electrons. The summed E-state index contributed by atoms with van der Waals surface area (Å²) in [4.78, 5) is 27.3. The Morgan fingerprint density at radius 2 is 2.10 bits per heavy atom. The van der Waals surface area contributed by atoms with Crippen molar-refractivity contribution in [3.05, 3.63) is 53.9 Å². The molecule has 0 saturated carbocycles. The lowest BCUT2D eigenvalue weighted by Crippen LogP contribution is -2.48. The number of nitrogens with zero attached hydrogens (tertiary/aromatic N) is 4. The van der Waals surface area contributed by atoms with Crippen LogP contribution in [-0.2, 0) is 9.53 Å². The van der Waals surface area contributed by atoms with E-state index in [1.54, 1.807) is 29.4 Å². The maximum atomic E-state index is 12.6. The number of rotatable bonds is 6. The summed E-state index contributed by atoms with van der Waals surface area (Å²) in [6.45, 7) is 1.81. The molecule has 0 bridgehead atoms. The molecule has 9 heteroatoms. The van der Waals surface area contributed by atoms with Crippen molar-refractivity contribution in [3.63, 3.8) is 0 Å². The van der Waals surface area contributed by atoms with Gasteiger partial charge in [0.25, 0.3) is 0 Å². The summed E-state index contributed by atoms with van der Waals surface area (Å²) in [7, 11) is 0. The number of halogens is 1. The Kier molecular flexibility index (Phi) is 6.43. The van der Waals surface area contributed by atoms with Gasteiger partial charge in [-0.25, -0.2) is 9.97 Å². The number of carbonyl (C=O) groups is 1. The Balaban J connectivity index is 1.29. The molecular formula is C20H19ClN4O3S. The fraction of sp³-hybridized carbons (Fsp3) is 0.300. The number of pyridine rings is 1. The molecule has 2 aromatic heterocycles. The van der Waals surface area contributed by atoms with Gasteiger partial charge in [-0.3, -0.25) is 9.78 Å². The standard InChI is InChI=1S/C20H19ClN4O3S/c21-20-17(6-3-7-22-20)28-12-14-11-25(8-9-27-14)19(26)13-29-18-10-23-15-4-1-2-5-16(15)24-18/h1-7,10,14H,8-9,11-13H2. The van der Waals surface area contributed by atoms with E-state index < -0.39 is 0 Å². The normalized spacial score (nSPS) is 16.7. The molecule has 1 amide bonds. The van der Waals surface area contributed by atoms with Crippen molar-refractivity contribution in [1.82, 2.24) is 19.9 Å². The molecule has 1 saturated heterocycles. The highest BCUT2D eigenvalue weighted by Crippen LogP contribution is 2.22. The van der Waals surface area contributed by atoms with Gasteiger partial charge in [-0.15, -0.1) is 0 Å². The number of ether oxygens (including phenoxy) is 2. The van der Waals surface area contributed by atoms with Gasteiger partial charge >= 0.3 is 0 Å². The molecule has 7 nitrogen and oxygen atoms in total. The lowest BCUT2D eigenvalue weighted by Gasteiger charge is -2.32. The van der Waals surface area contributed by atoms with Crippen molar-refractivity contribution >= 4 is 40.3 Å². The lowest BCUT2D eigenvalue weighted by atomic mass is 10.3. The Morgan fingerprint density at radius 3 is 2.97 bits per heavy atom. The second-order valence-corrected chi connectivity index (χ2v) is 7.78. The third kappa shape index (κ3) is 5.14. The van der Waals surface area contributed by atoms with Crippen molar-refractivity contribution in [1.29, 1.82) is 0 Å². The average molecular weight is 431 g/mol. The second kappa shape index (κ2) is 9.39. The molecule has 29 heavy (non-hydrogen) atoms. The van der Waals surface area contributed by atoms with Crippen LogP contribution >= 0.6 is 23.4 Å². The minimum absolute atomic E-state index is 0.0395. The van der Waals surface area contributed by atoms with Crippen molar-refractivity contribution in [2.24, 2.45) is 0 Å². The number of carbonyl (C=O) groups excluding carboxylic acids is 1. The monoisotopic (exact) mass is 430 g/mol. The van der Waals surface area contributed by atoms with Crippen LogP contribution in [0, 0.1) is 0 Å². The van der Waals surface area contributed by atoms with Gasteiger partial charge in [-0.05, 0) is 24.3 Å². The zero-order chi connectivity index (χ0) is 20.1. The van der Waals surface area contributed by atoms with E-state index in [4.69, 9.17) is 21.1 Å². The number of amides is 1. The maximum absolute atomic E-state index is 12.6. The van der Waals surface area contributed by atoms with Gasteiger partial charge in [0.2, 0.25) is 5.91 Å². The van der Waals surface area contributed by atoms with Crippen molar-refractivity contribution in [2.75, 3.05) is 32.1 Å². The number of benzene rings is 1. The lowest BCUT2D eigenvalue weighted by molar-refractivity contribution is -0.137. The Bertz CT molecular complexity index is 1010. The summed E-state index contributed by atoms with van der Waals surface area (Å²) >= 11 is 7.39. The molecule has 150 valence electrons. The van der Waals surface area contributed by atoms with E-state index >= 15 is 0 Å². The fourth-order valence-corrected chi connectivity index (χ4v) is 3.86. The minimum atomic E-state index is -0.213. The predicted molar refractivity (Wildman–Crippen MR) is 111 cm³/mol. The predicted octanol–water partition coefficient (Wildman–Crippen LogP) is 3.08. The number of morpholine rings is 1. The molecule has 4 rings (SSSR count). The van der Waals surface area contributed by atoms with E-state index in [-0.39, 0.29) is 12.0 Å². The first kappa shape index (κ1) is 19.9. The largest absolute Gasteiger partial charge is 0.488 e. The fourth-order valence-electron chi connectivity index (χ4n) is 2.95. The molecule has 1 aromatic carbocycles. The van der Waals surface area contributed by atoms with Gasteiger partial charge in [0.05, 0.1) is 36.1 Å². The first-order valence-electron chi connectivity index (χ1n) is 9.16. The van der Waals surface area contributed by atoms with Gasteiger partial charge in [0, 0.05) is 12.7 Å². The van der Waals surface area contributed by atoms with Crippen LogP contribution in [0.3, 0.4) is 0 Å². The van der Waals surface area contributed by atoms with Gasteiger partial charge in [0.1, 0.15) is 17.7 Å². The smallest absolute Gasteiger partial charge is 0.233 e. The summed E-state index contributed by atoms with van der Waals surface area (Å²) in [5, 5.41) is 1.04. The summed E-state index contributed by atoms with van der Waals surface area (Å²) in [6.07, 6.45) is 3.09.